The van der Waals surface area contributed by atoms with Crippen molar-refractivity contribution in [3.63, 3.8) is 0 Å². The van der Waals surface area contributed by atoms with Gasteiger partial charge in [-0.15, -0.1) is 0 Å². The highest BCUT2D eigenvalue weighted by molar-refractivity contribution is 6.30. The Morgan fingerprint density at radius 3 is 2.87 bits per heavy atom. The van der Waals surface area contributed by atoms with Crippen LogP contribution in [0.1, 0.15) is 12.0 Å². The molecular weight excluding hydrogens is 210 g/mol. The molecule has 1 heterocycles. The molecule has 1 aliphatic heterocycles. The van der Waals surface area contributed by atoms with Crippen LogP contribution in [0.4, 0.5) is 0 Å². The Balaban J connectivity index is 2.34. The lowest BCUT2D eigenvalue weighted by atomic mass is 9.80. The van der Waals surface area contributed by atoms with Gasteiger partial charge in [0.2, 0.25) is 0 Å². The van der Waals surface area contributed by atoms with Gasteiger partial charge in [-0.25, -0.2) is 0 Å². The third-order valence-electron chi connectivity index (χ3n) is 3.28. The third-order valence-corrected chi connectivity index (χ3v) is 3.52. The summed E-state index contributed by atoms with van der Waals surface area (Å²) in [6.07, 6.45) is 1.00. The van der Waals surface area contributed by atoms with E-state index in [0.717, 1.165) is 30.1 Å². The van der Waals surface area contributed by atoms with Crippen LogP contribution in [0, 0.1) is 0 Å². The molecule has 3 heteroatoms. The maximum atomic E-state index is 9.61. The molecule has 0 aromatic heterocycles. The summed E-state index contributed by atoms with van der Waals surface area (Å²) < 4.78 is 0. The molecule has 0 spiro atoms. The maximum Gasteiger partial charge on any atom is 0.0540 e. The fourth-order valence-corrected chi connectivity index (χ4v) is 2.54. The van der Waals surface area contributed by atoms with Crippen molar-refractivity contribution in [1.82, 2.24) is 4.90 Å². The highest BCUT2D eigenvalue weighted by Gasteiger charge is 2.37. The molecule has 1 N–H and O–H groups in total. The van der Waals surface area contributed by atoms with Crippen LogP contribution in [0.5, 0.6) is 0 Å². The highest BCUT2D eigenvalue weighted by atomic mass is 35.5. The average molecular weight is 226 g/mol. The summed E-state index contributed by atoms with van der Waals surface area (Å²) >= 11 is 5.98. The van der Waals surface area contributed by atoms with Crippen molar-refractivity contribution in [1.29, 1.82) is 0 Å². The number of aliphatic hydroxyl groups excluding tert-OH is 1. The van der Waals surface area contributed by atoms with Gasteiger partial charge in [0.1, 0.15) is 0 Å². The van der Waals surface area contributed by atoms with Gasteiger partial charge in [0.05, 0.1) is 6.61 Å². The van der Waals surface area contributed by atoms with Gasteiger partial charge >= 0.3 is 0 Å². The Kier molecular flexibility index (Phi) is 3.01. The van der Waals surface area contributed by atoms with Crippen molar-refractivity contribution < 1.29 is 5.11 Å². The zero-order valence-electron chi connectivity index (χ0n) is 8.91. The van der Waals surface area contributed by atoms with E-state index in [9.17, 15) is 5.11 Å². The van der Waals surface area contributed by atoms with Crippen LogP contribution in [-0.4, -0.2) is 36.8 Å². The van der Waals surface area contributed by atoms with E-state index >= 15 is 0 Å². The molecule has 0 aliphatic carbocycles. The number of nitrogens with zero attached hydrogens (tertiary/aromatic N) is 1. The van der Waals surface area contributed by atoms with Gasteiger partial charge in [0.25, 0.3) is 0 Å². The number of benzene rings is 1. The van der Waals surface area contributed by atoms with Crippen LogP contribution < -0.4 is 0 Å². The molecule has 15 heavy (non-hydrogen) atoms. The van der Waals surface area contributed by atoms with Crippen LogP contribution in [0.3, 0.4) is 0 Å². The standard InChI is InChI=1S/C12H16ClNO/c1-14-6-5-12(8-14,9-15)10-3-2-4-11(13)7-10/h2-4,7,15H,5-6,8-9H2,1H3. The van der Waals surface area contributed by atoms with Crippen molar-refractivity contribution in [2.24, 2.45) is 0 Å². The van der Waals surface area contributed by atoms with E-state index in [2.05, 4.69) is 18.0 Å². The second kappa shape index (κ2) is 4.12. The fourth-order valence-electron chi connectivity index (χ4n) is 2.35. The number of likely N-dealkylation sites (tertiary alicyclic amines) is 1. The molecule has 1 aliphatic rings. The van der Waals surface area contributed by atoms with Crippen molar-refractivity contribution in [3.05, 3.63) is 34.9 Å². The van der Waals surface area contributed by atoms with Crippen LogP contribution in [0.2, 0.25) is 5.02 Å². The van der Waals surface area contributed by atoms with E-state index in [0.29, 0.717) is 0 Å². The van der Waals surface area contributed by atoms with E-state index in [1.807, 2.05) is 18.2 Å². The lowest BCUT2D eigenvalue weighted by molar-refractivity contribution is 0.195. The normalized spacial score (nSPS) is 27.1. The van der Waals surface area contributed by atoms with Crippen LogP contribution in [0.25, 0.3) is 0 Å². The summed E-state index contributed by atoms with van der Waals surface area (Å²) in [5.41, 5.74) is 1.04. The van der Waals surface area contributed by atoms with Crippen molar-refractivity contribution in [3.8, 4) is 0 Å². The molecule has 0 saturated carbocycles. The van der Waals surface area contributed by atoms with Gasteiger partial charge in [-0.3, -0.25) is 0 Å². The molecule has 0 amide bonds. The second-order valence-corrected chi connectivity index (χ2v) is 4.87. The summed E-state index contributed by atoms with van der Waals surface area (Å²) in [6, 6.07) is 7.85. The molecule has 0 bridgehead atoms. The lowest BCUT2D eigenvalue weighted by Gasteiger charge is -2.27. The van der Waals surface area contributed by atoms with Crippen LogP contribution >= 0.6 is 11.6 Å². The fraction of sp³-hybridized carbons (Fsp3) is 0.500. The molecule has 1 aromatic rings. The second-order valence-electron chi connectivity index (χ2n) is 4.44. The van der Waals surface area contributed by atoms with Crippen molar-refractivity contribution >= 4 is 11.6 Å². The molecule has 1 saturated heterocycles. The predicted octanol–water partition coefficient (Wildman–Crippen LogP) is 1.91. The van der Waals surface area contributed by atoms with Gasteiger partial charge in [-0.1, -0.05) is 23.7 Å². The minimum atomic E-state index is -0.111. The molecule has 1 atom stereocenters. The summed E-state index contributed by atoms with van der Waals surface area (Å²) in [6.45, 7) is 2.13. The SMILES string of the molecule is CN1CCC(CO)(c2cccc(Cl)c2)C1. The van der Waals surface area contributed by atoms with Gasteiger partial charge in [0.15, 0.2) is 0 Å². The lowest BCUT2D eigenvalue weighted by Crippen LogP contribution is -2.33. The van der Waals surface area contributed by atoms with Crippen molar-refractivity contribution in [2.75, 3.05) is 26.7 Å². The first kappa shape index (κ1) is 10.9. The zero-order valence-corrected chi connectivity index (χ0v) is 9.67. The number of hydrogen-bond donors (Lipinski definition) is 1. The third kappa shape index (κ3) is 2.03. The monoisotopic (exact) mass is 225 g/mol. The largest absolute Gasteiger partial charge is 0.395 e. The molecule has 2 nitrogen and oxygen atoms in total. The minimum absolute atomic E-state index is 0.111. The molecule has 1 fully saturated rings. The van der Waals surface area contributed by atoms with Gasteiger partial charge in [0, 0.05) is 17.0 Å². The molecule has 1 unspecified atom stereocenters. The summed E-state index contributed by atoms with van der Waals surface area (Å²) in [4.78, 5) is 2.25. The Morgan fingerprint density at radius 1 is 1.53 bits per heavy atom. The molecule has 1 aromatic carbocycles. The Labute approximate surface area is 95.5 Å². The number of halogens is 1. The average Bonchev–Trinajstić information content (AvgIpc) is 2.61. The molecule has 2 rings (SSSR count). The van der Waals surface area contributed by atoms with E-state index in [4.69, 9.17) is 11.6 Å². The Bertz CT molecular complexity index is 355. The minimum Gasteiger partial charge on any atom is -0.395 e. The Morgan fingerprint density at radius 2 is 2.33 bits per heavy atom. The van der Waals surface area contributed by atoms with E-state index in [-0.39, 0.29) is 12.0 Å². The maximum absolute atomic E-state index is 9.61. The van der Waals surface area contributed by atoms with Crippen molar-refractivity contribution in [2.45, 2.75) is 11.8 Å². The number of aliphatic hydroxyl groups is 1. The zero-order chi connectivity index (χ0) is 10.9. The summed E-state index contributed by atoms with van der Waals surface area (Å²) in [5, 5.41) is 10.4. The predicted molar refractivity (Wildman–Crippen MR) is 62.3 cm³/mol. The van der Waals surface area contributed by atoms with Gasteiger partial charge in [-0.05, 0) is 37.7 Å². The smallest absolute Gasteiger partial charge is 0.0540 e. The van der Waals surface area contributed by atoms with Gasteiger partial charge in [-0.2, -0.15) is 0 Å². The highest BCUT2D eigenvalue weighted by Crippen LogP contribution is 2.34. The number of likely N-dealkylation sites (N-methyl/N-ethyl adjacent to an activating group) is 1. The van der Waals surface area contributed by atoms with Gasteiger partial charge < -0.3 is 10.0 Å². The first-order valence-corrected chi connectivity index (χ1v) is 5.59. The molecule has 82 valence electrons. The number of rotatable bonds is 2. The number of hydrogen-bond acceptors (Lipinski definition) is 2. The summed E-state index contributed by atoms with van der Waals surface area (Å²) in [5.74, 6) is 0. The van der Waals surface area contributed by atoms with E-state index in [1.54, 1.807) is 0 Å². The van der Waals surface area contributed by atoms with Crippen LogP contribution in [0.15, 0.2) is 24.3 Å². The summed E-state index contributed by atoms with van der Waals surface area (Å²) in [7, 11) is 2.09. The first-order valence-electron chi connectivity index (χ1n) is 5.22. The Hall–Kier alpha value is -0.570. The topological polar surface area (TPSA) is 23.5 Å². The quantitative estimate of drug-likeness (QED) is 0.831. The van der Waals surface area contributed by atoms with Crippen LogP contribution in [-0.2, 0) is 5.41 Å². The molecule has 0 radical (unpaired) electrons. The van der Waals surface area contributed by atoms with E-state index in [1.165, 1.54) is 0 Å². The first-order chi connectivity index (χ1) is 7.16. The van der Waals surface area contributed by atoms with E-state index < -0.39 is 0 Å². The molecular formula is C12H16ClNO.